The minimum Gasteiger partial charge on any atom is -0.488 e. The highest BCUT2D eigenvalue weighted by atomic mass is 32.1. The molecular formula is C27H28N2OS. The van der Waals surface area contributed by atoms with Crippen molar-refractivity contribution in [3.8, 4) is 22.9 Å². The maximum Gasteiger partial charge on any atom is 0.124 e. The number of aromatic nitrogens is 1. The summed E-state index contributed by atoms with van der Waals surface area (Å²) >= 11 is 1.55. The van der Waals surface area contributed by atoms with Crippen LogP contribution in [0.25, 0.3) is 11.1 Å². The first-order valence-corrected chi connectivity index (χ1v) is 11.2. The number of nitrogens with zero attached hydrogens (tertiary/aromatic N) is 2. The quantitative estimate of drug-likeness (QED) is 0.336. The van der Waals surface area contributed by atoms with Crippen LogP contribution in [0.1, 0.15) is 35.4 Å². The number of thiophene rings is 1. The number of benzene rings is 2. The average molecular weight is 429 g/mol. The van der Waals surface area contributed by atoms with Gasteiger partial charge in [0.2, 0.25) is 0 Å². The Kier molecular flexibility index (Phi) is 10.0. The Morgan fingerprint density at radius 2 is 1.52 bits per heavy atom. The largest absolute Gasteiger partial charge is 0.488 e. The molecular weight excluding hydrogens is 400 g/mol. The van der Waals surface area contributed by atoms with Crippen LogP contribution in [0.2, 0.25) is 0 Å². The minimum absolute atomic E-state index is 0.462. The molecule has 2 aromatic heterocycles. The zero-order valence-electron chi connectivity index (χ0n) is 18.5. The second kappa shape index (κ2) is 13.0. The third-order valence-corrected chi connectivity index (χ3v) is 5.20. The maximum absolute atomic E-state index is 8.84. The standard InChI is InChI=1S/C13H11NOS.C12H11N.C2H6/c1-10-2-4-12(5-3-10)15-9-13-11(8-14)6-7-16-13;1-10-4-6-11(7-5-10)12-3-2-8-13-9-12;1-2/h2-7H,9H2,1H3;2-9H,1H3;1-2H3. The Morgan fingerprint density at radius 3 is 2.10 bits per heavy atom. The van der Waals surface area contributed by atoms with E-state index in [9.17, 15) is 0 Å². The van der Waals surface area contributed by atoms with E-state index in [1.54, 1.807) is 17.5 Å². The van der Waals surface area contributed by atoms with Crippen LogP contribution in [0.15, 0.2) is 84.5 Å². The smallest absolute Gasteiger partial charge is 0.124 e. The van der Waals surface area contributed by atoms with Gasteiger partial charge in [-0.1, -0.05) is 67.4 Å². The van der Waals surface area contributed by atoms with Gasteiger partial charge in [0, 0.05) is 12.4 Å². The zero-order valence-corrected chi connectivity index (χ0v) is 19.3. The van der Waals surface area contributed by atoms with Gasteiger partial charge >= 0.3 is 0 Å². The first-order chi connectivity index (χ1) is 15.2. The van der Waals surface area contributed by atoms with Crippen molar-refractivity contribution in [2.24, 2.45) is 0 Å². The molecule has 0 unspecified atom stereocenters. The van der Waals surface area contributed by atoms with Gasteiger partial charge in [-0.15, -0.1) is 11.3 Å². The van der Waals surface area contributed by atoms with Gasteiger partial charge < -0.3 is 4.74 Å². The third kappa shape index (κ3) is 7.73. The van der Waals surface area contributed by atoms with E-state index >= 15 is 0 Å². The van der Waals surface area contributed by atoms with E-state index in [0.717, 1.165) is 10.6 Å². The average Bonchev–Trinajstić information content (AvgIpc) is 3.29. The highest BCUT2D eigenvalue weighted by molar-refractivity contribution is 7.10. The van der Waals surface area contributed by atoms with Crippen LogP contribution in [0, 0.1) is 25.2 Å². The Morgan fingerprint density at radius 1 is 0.871 bits per heavy atom. The highest BCUT2D eigenvalue weighted by Crippen LogP contribution is 2.20. The molecule has 158 valence electrons. The topological polar surface area (TPSA) is 45.9 Å². The Bertz CT molecular complexity index is 1060. The van der Waals surface area contributed by atoms with Crippen molar-refractivity contribution in [2.75, 3.05) is 0 Å². The maximum atomic E-state index is 8.84. The number of rotatable bonds is 4. The summed E-state index contributed by atoms with van der Waals surface area (Å²) in [6.07, 6.45) is 3.67. The van der Waals surface area contributed by atoms with E-state index in [-0.39, 0.29) is 0 Å². The van der Waals surface area contributed by atoms with Crippen molar-refractivity contribution in [3.63, 3.8) is 0 Å². The van der Waals surface area contributed by atoms with Gasteiger partial charge in [-0.05, 0) is 54.6 Å². The lowest BCUT2D eigenvalue weighted by Crippen LogP contribution is -1.94. The summed E-state index contributed by atoms with van der Waals surface area (Å²) in [5, 5.41) is 10.8. The van der Waals surface area contributed by atoms with E-state index in [4.69, 9.17) is 10.00 Å². The van der Waals surface area contributed by atoms with E-state index in [2.05, 4.69) is 48.3 Å². The summed E-state index contributed by atoms with van der Waals surface area (Å²) in [7, 11) is 0. The summed E-state index contributed by atoms with van der Waals surface area (Å²) in [5.41, 5.74) is 5.59. The summed E-state index contributed by atoms with van der Waals surface area (Å²) < 4.78 is 5.61. The lowest BCUT2D eigenvalue weighted by molar-refractivity contribution is 0.309. The lowest BCUT2D eigenvalue weighted by atomic mass is 10.1. The Balaban J connectivity index is 0.000000208. The summed E-state index contributed by atoms with van der Waals surface area (Å²) in [4.78, 5) is 5.06. The van der Waals surface area contributed by atoms with Crippen LogP contribution in [0.4, 0.5) is 0 Å². The van der Waals surface area contributed by atoms with Crippen LogP contribution < -0.4 is 4.74 Å². The molecule has 0 radical (unpaired) electrons. The lowest BCUT2D eigenvalue weighted by Gasteiger charge is -2.04. The predicted molar refractivity (Wildman–Crippen MR) is 130 cm³/mol. The van der Waals surface area contributed by atoms with Crippen LogP contribution in [0.5, 0.6) is 5.75 Å². The fraction of sp³-hybridized carbons (Fsp3) is 0.185. The Hall–Kier alpha value is -3.42. The fourth-order valence-electron chi connectivity index (χ4n) is 2.61. The van der Waals surface area contributed by atoms with Crippen LogP contribution in [-0.2, 0) is 6.61 Å². The third-order valence-electron chi connectivity index (χ3n) is 4.30. The molecule has 0 bridgehead atoms. The van der Waals surface area contributed by atoms with Gasteiger partial charge in [0.1, 0.15) is 18.4 Å². The Labute approximate surface area is 189 Å². The first kappa shape index (κ1) is 23.9. The van der Waals surface area contributed by atoms with E-state index in [1.165, 1.54) is 22.3 Å². The van der Waals surface area contributed by atoms with Gasteiger partial charge in [0.25, 0.3) is 0 Å². The molecule has 0 aliphatic carbocycles. The van der Waals surface area contributed by atoms with Crippen molar-refractivity contribution in [3.05, 3.63) is 106 Å². The molecule has 0 atom stereocenters. The van der Waals surface area contributed by atoms with Crippen LogP contribution in [-0.4, -0.2) is 4.98 Å². The number of ether oxygens (including phenoxy) is 1. The summed E-state index contributed by atoms with van der Waals surface area (Å²) in [6.45, 7) is 8.59. The predicted octanol–water partition coefficient (Wildman–Crippen LogP) is 7.59. The summed E-state index contributed by atoms with van der Waals surface area (Å²) in [5.74, 6) is 0.836. The monoisotopic (exact) mass is 428 g/mol. The molecule has 4 heteroatoms. The molecule has 2 aromatic carbocycles. The van der Waals surface area contributed by atoms with Crippen molar-refractivity contribution in [2.45, 2.75) is 34.3 Å². The van der Waals surface area contributed by atoms with Crippen molar-refractivity contribution < 1.29 is 4.74 Å². The molecule has 0 fully saturated rings. The van der Waals surface area contributed by atoms with Crippen molar-refractivity contribution in [1.29, 1.82) is 5.26 Å². The molecule has 0 aliphatic rings. The van der Waals surface area contributed by atoms with Gasteiger partial charge in [-0.25, -0.2) is 0 Å². The zero-order chi connectivity index (χ0) is 22.5. The van der Waals surface area contributed by atoms with Gasteiger partial charge in [0.15, 0.2) is 0 Å². The molecule has 3 nitrogen and oxygen atoms in total. The molecule has 0 aliphatic heterocycles. The summed E-state index contributed by atoms with van der Waals surface area (Å²) in [6, 6.07) is 24.3. The van der Waals surface area contributed by atoms with Gasteiger partial charge in [-0.3, -0.25) is 4.98 Å². The molecule has 4 aromatic rings. The highest BCUT2D eigenvalue weighted by Gasteiger charge is 2.04. The van der Waals surface area contributed by atoms with Gasteiger partial charge in [-0.2, -0.15) is 5.26 Å². The number of hydrogen-bond donors (Lipinski definition) is 0. The molecule has 0 amide bonds. The number of pyridine rings is 1. The van der Waals surface area contributed by atoms with Crippen LogP contribution >= 0.6 is 11.3 Å². The number of hydrogen-bond acceptors (Lipinski definition) is 4. The normalized spacial score (nSPS) is 9.39. The van der Waals surface area contributed by atoms with Gasteiger partial charge in [0.05, 0.1) is 10.4 Å². The molecule has 2 heterocycles. The molecule has 31 heavy (non-hydrogen) atoms. The van der Waals surface area contributed by atoms with Crippen LogP contribution in [0.3, 0.4) is 0 Å². The van der Waals surface area contributed by atoms with E-state index < -0.39 is 0 Å². The van der Waals surface area contributed by atoms with Crippen molar-refractivity contribution in [1.82, 2.24) is 4.98 Å². The molecule has 4 rings (SSSR count). The SMILES string of the molecule is CC.Cc1ccc(-c2cccnc2)cc1.Cc1ccc(OCc2sccc2C#N)cc1. The number of aryl methyl sites for hydroxylation is 2. The second-order valence-electron chi connectivity index (χ2n) is 6.58. The molecule has 0 spiro atoms. The second-order valence-corrected chi connectivity index (χ2v) is 7.58. The van der Waals surface area contributed by atoms with Crippen molar-refractivity contribution >= 4 is 11.3 Å². The number of nitriles is 1. The minimum atomic E-state index is 0.462. The fourth-order valence-corrected chi connectivity index (χ4v) is 3.35. The van der Waals surface area contributed by atoms with E-state index in [0.29, 0.717) is 12.2 Å². The molecule has 0 saturated carbocycles. The first-order valence-electron chi connectivity index (χ1n) is 10.3. The molecule has 0 saturated heterocycles. The molecule has 0 N–H and O–H groups in total. The van der Waals surface area contributed by atoms with E-state index in [1.807, 2.05) is 68.7 Å².